The van der Waals surface area contributed by atoms with Gasteiger partial charge in [-0.3, -0.25) is 0 Å². The Morgan fingerprint density at radius 1 is 1.15 bits per heavy atom. The Labute approximate surface area is 120 Å². The number of ether oxygens (including phenoxy) is 4. The summed E-state index contributed by atoms with van der Waals surface area (Å²) in [5.41, 5.74) is 0. The highest BCUT2D eigenvalue weighted by molar-refractivity contribution is 7.47. The highest BCUT2D eigenvalue weighted by Gasteiger charge is 2.55. The zero-order chi connectivity index (χ0) is 14.8. The van der Waals surface area contributed by atoms with E-state index in [1.807, 2.05) is 13.8 Å². The van der Waals surface area contributed by atoms with Crippen LogP contribution in [0.5, 0.6) is 0 Å². The Morgan fingerprint density at radius 3 is 2.35 bits per heavy atom. The average molecular weight is 310 g/mol. The lowest BCUT2D eigenvalue weighted by Crippen LogP contribution is -2.35. The third kappa shape index (κ3) is 3.87. The van der Waals surface area contributed by atoms with Crippen LogP contribution in [0.3, 0.4) is 0 Å². The summed E-state index contributed by atoms with van der Waals surface area (Å²) >= 11 is 0. The molecule has 0 aromatic heterocycles. The van der Waals surface area contributed by atoms with E-state index in [1.165, 1.54) is 0 Å². The molecule has 4 unspecified atom stereocenters. The Kier molecular flexibility index (Phi) is 5.73. The van der Waals surface area contributed by atoms with Crippen LogP contribution in [-0.4, -0.2) is 55.2 Å². The second-order valence-electron chi connectivity index (χ2n) is 4.93. The first-order valence-electron chi connectivity index (χ1n) is 6.81. The summed E-state index contributed by atoms with van der Waals surface area (Å²) in [6, 6.07) is 0. The average Bonchev–Trinajstić information content (AvgIpc) is 2.81. The molecule has 2 aliphatic rings. The molecule has 0 aromatic rings. The van der Waals surface area contributed by atoms with E-state index in [0.29, 0.717) is 13.2 Å². The van der Waals surface area contributed by atoms with Crippen LogP contribution in [0.4, 0.5) is 0 Å². The minimum Gasteiger partial charge on any atom is -0.385 e. The van der Waals surface area contributed by atoms with Gasteiger partial charge in [0.25, 0.3) is 0 Å². The van der Waals surface area contributed by atoms with E-state index in [2.05, 4.69) is 0 Å². The fourth-order valence-corrected chi connectivity index (χ4v) is 3.20. The van der Waals surface area contributed by atoms with Gasteiger partial charge in [0.15, 0.2) is 26.7 Å². The summed E-state index contributed by atoms with van der Waals surface area (Å²) in [5, 5.41) is 10.1. The van der Waals surface area contributed by atoms with Crippen molar-refractivity contribution in [3.05, 3.63) is 0 Å². The predicted molar refractivity (Wildman–Crippen MR) is 70.8 cm³/mol. The molecule has 118 valence electrons. The molecule has 7 nitrogen and oxygen atoms in total. The van der Waals surface area contributed by atoms with Gasteiger partial charge in [0.05, 0.1) is 13.2 Å². The highest BCUT2D eigenvalue weighted by atomic mass is 31.2. The van der Waals surface area contributed by atoms with Crippen LogP contribution in [0.1, 0.15) is 27.7 Å². The first-order valence-corrected chi connectivity index (χ1v) is 8.17. The summed E-state index contributed by atoms with van der Waals surface area (Å²) in [5.74, 6) is -0.745. The van der Waals surface area contributed by atoms with Gasteiger partial charge in [0.2, 0.25) is 0 Å². The van der Waals surface area contributed by atoms with E-state index in [4.69, 9.17) is 28.0 Å². The lowest BCUT2D eigenvalue weighted by molar-refractivity contribution is -0.257. The maximum Gasteiger partial charge on any atom is 0.198 e. The molecule has 2 rings (SSSR count). The molecule has 0 amide bonds. The molecule has 0 saturated carbocycles. The van der Waals surface area contributed by atoms with Gasteiger partial charge in [0, 0.05) is 0 Å². The van der Waals surface area contributed by atoms with Crippen LogP contribution in [0.25, 0.3) is 0 Å². The standard InChI is InChI=1S/C12H23O7P/c1-5-15-20(16-6-2)7-14-10-8(13)9-11(17-10)19-12(3,4)18-9/h8-11,13H,5-7H2,1-4H3. The Morgan fingerprint density at radius 2 is 1.80 bits per heavy atom. The van der Waals surface area contributed by atoms with E-state index in [-0.39, 0.29) is 6.35 Å². The number of hydrogen-bond acceptors (Lipinski definition) is 7. The molecule has 2 fully saturated rings. The second-order valence-corrected chi connectivity index (χ2v) is 6.37. The topological polar surface area (TPSA) is 75.6 Å². The van der Waals surface area contributed by atoms with Crippen molar-refractivity contribution in [2.45, 2.75) is 58.3 Å². The number of hydrogen-bond donors (Lipinski definition) is 1. The molecule has 1 N–H and O–H groups in total. The van der Waals surface area contributed by atoms with Crippen molar-refractivity contribution < 1.29 is 33.1 Å². The third-order valence-corrected chi connectivity index (χ3v) is 4.31. The summed E-state index contributed by atoms with van der Waals surface area (Å²) < 4.78 is 33.0. The third-order valence-electron chi connectivity index (χ3n) is 2.86. The van der Waals surface area contributed by atoms with Crippen LogP contribution in [-0.2, 0) is 28.0 Å². The molecular weight excluding hydrogens is 287 g/mol. The number of rotatable bonds is 7. The molecular formula is C12H23O7P. The molecule has 0 radical (unpaired) electrons. The monoisotopic (exact) mass is 310 g/mol. The molecule has 20 heavy (non-hydrogen) atoms. The second kappa shape index (κ2) is 6.94. The summed E-state index contributed by atoms with van der Waals surface area (Å²) in [4.78, 5) is 0. The van der Waals surface area contributed by atoms with Crippen LogP contribution in [0.15, 0.2) is 0 Å². The molecule has 8 heteroatoms. The number of fused-ring (bicyclic) bond motifs is 1. The van der Waals surface area contributed by atoms with Crippen molar-refractivity contribution in [1.82, 2.24) is 0 Å². The summed E-state index contributed by atoms with van der Waals surface area (Å²) in [7, 11) is -1.12. The van der Waals surface area contributed by atoms with E-state index < -0.39 is 39.0 Å². The lowest BCUT2D eigenvalue weighted by atomic mass is 10.2. The van der Waals surface area contributed by atoms with Crippen molar-refractivity contribution in [2.75, 3.05) is 19.6 Å². The predicted octanol–water partition coefficient (Wildman–Crippen LogP) is 1.54. The molecule has 0 aliphatic carbocycles. The molecule has 0 spiro atoms. The van der Waals surface area contributed by atoms with Gasteiger partial charge in [-0.1, -0.05) is 0 Å². The van der Waals surface area contributed by atoms with Crippen molar-refractivity contribution in [3.63, 3.8) is 0 Å². The first-order chi connectivity index (χ1) is 9.46. The summed E-state index contributed by atoms with van der Waals surface area (Å²) in [6.07, 6.45) is -2.56. The van der Waals surface area contributed by atoms with Gasteiger partial charge in [0.1, 0.15) is 18.6 Å². The van der Waals surface area contributed by atoms with Crippen LogP contribution in [0.2, 0.25) is 0 Å². The SMILES string of the molecule is CCOP(COC1OC2OC(C)(C)OC2C1O)OCC. The van der Waals surface area contributed by atoms with Crippen molar-refractivity contribution in [2.24, 2.45) is 0 Å². The first kappa shape index (κ1) is 16.5. The Hall–Kier alpha value is 0.150. The largest absolute Gasteiger partial charge is 0.385 e. The van der Waals surface area contributed by atoms with E-state index >= 15 is 0 Å². The smallest absolute Gasteiger partial charge is 0.198 e. The normalized spacial score (nSPS) is 35.7. The van der Waals surface area contributed by atoms with E-state index in [9.17, 15) is 5.11 Å². The lowest BCUT2D eigenvalue weighted by Gasteiger charge is -2.24. The fourth-order valence-electron chi connectivity index (χ4n) is 2.13. The molecule has 2 aliphatic heterocycles. The Balaban J connectivity index is 1.81. The quantitative estimate of drug-likeness (QED) is 0.715. The highest BCUT2D eigenvalue weighted by Crippen LogP contribution is 2.41. The number of aliphatic hydroxyl groups excluding tert-OH is 1. The van der Waals surface area contributed by atoms with Gasteiger partial charge in [-0.2, -0.15) is 0 Å². The van der Waals surface area contributed by atoms with Gasteiger partial charge in [-0.15, -0.1) is 0 Å². The van der Waals surface area contributed by atoms with E-state index in [0.717, 1.165) is 0 Å². The zero-order valence-corrected chi connectivity index (χ0v) is 13.2. The molecule has 0 aromatic carbocycles. The van der Waals surface area contributed by atoms with E-state index in [1.54, 1.807) is 13.8 Å². The van der Waals surface area contributed by atoms with Crippen molar-refractivity contribution in [3.8, 4) is 0 Å². The maximum atomic E-state index is 10.1. The molecule has 2 saturated heterocycles. The number of aliphatic hydroxyl groups is 1. The van der Waals surface area contributed by atoms with Gasteiger partial charge < -0.3 is 33.1 Å². The molecule has 0 bridgehead atoms. The molecule has 4 atom stereocenters. The van der Waals surface area contributed by atoms with Crippen molar-refractivity contribution >= 4 is 8.38 Å². The zero-order valence-electron chi connectivity index (χ0n) is 12.3. The van der Waals surface area contributed by atoms with Crippen LogP contribution in [0, 0.1) is 0 Å². The fraction of sp³-hybridized carbons (Fsp3) is 1.00. The van der Waals surface area contributed by atoms with Gasteiger partial charge >= 0.3 is 0 Å². The Bertz CT molecular complexity index is 308. The van der Waals surface area contributed by atoms with Crippen molar-refractivity contribution in [1.29, 1.82) is 0 Å². The molecule has 2 heterocycles. The maximum absolute atomic E-state index is 10.1. The van der Waals surface area contributed by atoms with Gasteiger partial charge in [-0.25, -0.2) is 0 Å². The van der Waals surface area contributed by atoms with Crippen LogP contribution < -0.4 is 0 Å². The van der Waals surface area contributed by atoms with Crippen LogP contribution >= 0.6 is 8.38 Å². The summed E-state index contributed by atoms with van der Waals surface area (Å²) in [6.45, 7) is 8.44. The van der Waals surface area contributed by atoms with Gasteiger partial charge in [-0.05, 0) is 27.7 Å². The minimum atomic E-state index is -1.12. The minimum absolute atomic E-state index is 0.238.